The summed E-state index contributed by atoms with van der Waals surface area (Å²) in [4.78, 5) is 11.2. The molecule has 1 saturated carbocycles. The van der Waals surface area contributed by atoms with Gasteiger partial charge in [0.05, 0.1) is 0 Å². The highest BCUT2D eigenvalue weighted by Gasteiger charge is 2.51. The smallest absolute Gasteiger partial charge is 0.348 e. The molecule has 0 bridgehead atoms. The normalized spacial score (nSPS) is 28.2. The second-order valence-corrected chi connectivity index (χ2v) is 4.81. The van der Waals surface area contributed by atoms with Crippen molar-refractivity contribution >= 4 is 17.6 Å². The number of carboxylic acid groups (broad SMARTS) is 1. The average molecular weight is 241 g/mol. The van der Waals surface area contributed by atoms with Crippen molar-refractivity contribution in [3.05, 3.63) is 29.3 Å². The van der Waals surface area contributed by atoms with Crippen molar-refractivity contribution in [2.45, 2.75) is 25.4 Å². The van der Waals surface area contributed by atoms with Crippen LogP contribution in [-0.2, 0) is 4.79 Å². The second-order valence-electron chi connectivity index (χ2n) is 4.37. The van der Waals surface area contributed by atoms with Gasteiger partial charge in [-0.15, -0.1) is 0 Å². The molecule has 0 aromatic heterocycles. The molecule has 0 unspecified atom stereocenters. The summed E-state index contributed by atoms with van der Waals surface area (Å²) in [7, 11) is 0. The van der Waals surface area contributed by atoms with Crippen LogP contribution in [0.1, 0.15) is 19.8 Å². The molecule has 16 heavy (non-hydrogen) atoms. The Bertz CT molecular complexity index is 393. The lowest BCUT2D eigenvalue weighted by Gasteiger charge is -2.42. The molecule has 2 rings (SSSR count). The van der Waals surface area contributed by atoms with Gasteiger partial charge >= 0.3 is 5.97 Å². The van der Waals surface area contributed by atoms with Crippen molar-refractivity contribution in [1.29, 1.82) is 0 Å². The van der Waals surface area contributed by atoms with E-state index in [0.717, 1.165) is 0 Å². The molecular formula is C12H13ClO3. The second kappa shape index (κ2) is 3.98. The lowest BCUT2D eigenvalue weighted by Crippen LogP contribution is -2.54. The summed E-state index contributed by atoms with van der Waals surface area (Å²) in [6, 6.07) is 6.76. The molecule has 0 amide bonds. The number of hydrogen-bond acceptors (Lipinski definition) is 2. The first kappa shape index (κ1) is 11.3. The van der Waals surface area contributed by atoms with Crippen molar-refractivity contribution in [3.8, 4) is 5.75 Å². The zero-order chi connectivity index (χ0) is 11.8. The van der Waals surface area contributed by atoms with Crippen molar-refractivity contribution in [3.63, 3.8) is 0 Å². The Morgan fingerprint density at radius 2 is 2.00 bits per heavy atom. The van der Waals surface area contributed by atoms with Crippen LogP contribution in [0.5, 0.6) is 5.75 Å². The molecule has 0 saturated heterocycles. The first-order valence-electron chi connectivity index (χ1n) is 5.20. The molecule has 0 aliphatic heterocycles. The number of rotatable bonds is 3. The van der Waals surface area contributed by atoms with E-state index in [-0.39, 0.29) is 0 Å². The van der Waals surface area contributed by atoms with Crippen LogP contribution < -0.4 is 4.74 Å². The summed E-state index contributed by atoms with van der Waals surface area (Å²) in [5.74, 6) is 0.0719. The number of benzene rings is 1. The Balaban J connectivity index is 2.13. The van der Waals surface area contributed by atoms with Crippen molar-refractivity contribution in [2.24, 2.45) is 5.92 Å². The molecule has 1 aromatic carbocycles. The number of ether oxygens (including phenoxy) is 1. The van der Waals surface area contributed by atoms with E-state index in [4.69, 9.17) is 21.4 Å². The minimum absolute atomic E-state index is 0.406. The van der Waals surface area contributed by atoms with Gasteiger partial charge in [0, 0.05) is 17.9 Å². The maximum Gasteiger partial charge on any atom is 0.348 e. The van der Waals surface area contributed by atoms with Gasteiger partial charge in [-0.3, -0.25) is 0 Å². The third-order valence-electron chi connectivity index (χ3n) is 2.87. The summed E-state index contributed by atoms with van der Waals surface area (Å²) < 4.78 is 5.57. The predicted octanol–water partition coefficient (Wildman–Crippen LogP) is 2.97. The van der Waals surface area contributed by atoms with E-state index in [1.807, 2.05) is 6.92 Å². The quantitative estimate of drug-likeness (QED) is 0.884. The van der Waals surface area contributed by atoms with Crippen LogP contribution in [0.2, 0.25) is 5.02 Å². The number of hydrogen-bond donors (Lipinski definition) is 1. The third kappa shape index (κ3) is 2.00. The first-order chi connectivity index (χ1) is 7.52. The van der Waals surface area contributed by atoms with Gasteiger partial charge in [0.25, 0.3) is 0 Å². The van der Waals surface area contributed by atoms with Crippen LogP contribution in [0.25, 0.3) is 0 Å². The van der Waals surface area contributed by atoms with Gasteiger partial charge in [-0.1, -0.05) is 18.5 Å². The minimum Gasteiger partial charge on any atom is -0.478 e. The number of aliphatic carboxylic acids is 1. The Morgan fingerprint density at radius 1 is 1.44 bits per heavy atom. The lowest BCUT2D eigenvalue weighted by atomic mass is 9.72. The molecule has 4 heteroatoms. The Morgan fingerprint density at radius 3 is 2.44 bits per heavy atom. The SMILES string of the molecule is CC1CC(Oc2ccc(Cl)cc2)(C(=O)O)C1. The molecule has 86 valence electrons. The van der Waals surface area contributed by atoms with Crippen LogP contribution in [0.4, 0.5) is 0 Å². The Labute approximate surface area is 99.0 Å². The van der Waals surface area contributed by atoms with Gasteiger partial charge < -0.3 is 9.84 Å². The van der Waals surface area contributed by atoms with Gasteiger partial charge in [-0.05, 0) is 30.2 Å². The standard InChI is InChI=1S/C12H13ClO3/c1-8-6-12(7-8,11(14)15)16-10-4-2-9(13)3-5-10/h2-5,8H,6-7H2,1H3,(H,14,15). The van der Waals surface area contributed by atoms with Gasteiger partial charge in [0.2, 0.25) is 5.60 Å². The molecule has 1 aliphatic rings. The van der Waals surface area contributed by atoms with E-state index in [9.17, 15) is 4.79 Å². The third-order valence-corrected chi connectivity index (χ3v) is 3.12. The molecule has 0 atom stereocenters. The molecule has 1 aromatic rings. The largest absolute Gasteiger partial charge is 0.478 e. The fraction of sp³-hybridized carbons (Fsp3) is 0.417. The lowest BCUT2D eigenvalue weighted by molar-refractivity contribution is -0.168. The van der Waals surface area contributed by atoms with E-state index < -0.39 is 11.6 Å². The van der Waals surface area contributed by atoms with E-state index in [1.54, 1.807) is 24.3 Å². The fourth-order valence-corrected chi connectivity index (χ4v) is 2.22. The molecule has 0 radical (unpaired) electrons. The first-order valence-corrected chi connectivity index (χ1v) is 5.58. The van der Waals surface area contributed by atoms with Crippen LogP contribution in [0, 0.1) is 5.92 Å². The Hall–Kier alpha value is -1.22. The zero-order valence-electron chi connectivity index (χ0n) is 8.94. The van der Waals surface area contributed by atoms with Gasteiger partial charge in [-0.25, -0.2) is 4.79 Å². The highest BCUT2D eigenvalue weighted by Crippen LogP contribution is 2.41. The van der Waals surface area contributed by atoms with Crippen LogP contribution in [0.15, 0.2) is 24.3 Å². The summed E-state index contributed by atoms with van der Waals surface area (Å²) >= 11 is 5.74. The summed E-state index contributed by atoms with van der Waals surface area (Å²) in [5, 5.41) is 9.78. The summed E-state index contributed by atoms with van der Waals surface area (Å²) in [6.07, 6.45) is 1.12. The van der Waals surface area contributed by atoms with Crippen molar-refractivity contribution in [2.75, 3.05) is 0 Å². The number of carboxylic acids is 1. The van der Waals surface area contributed by atoms with Crippen LogP contribution in [0.3, 0.4) is 0 Å². The molecule has 0 heterocycles. The average Bonchev–Trinajstić information content (AvgIpc) is 2.18. The predicted molar refractivity (Wildman–Crippen MR) is 60.8 cm³/mol. The summed E-state index contributed by atoms with van der Waals surface area (Å²) in [6.45, 7) is 2.02. The topological polar surface area (TPSA) is 46.5 Å². The van der Waals surface area contributed by atoms with E-state index >= 15 is 0 Å². The summed E-state index contributed by atoms with van der Waals surface area (Å²) in [5.41, 5.74) is -1.03. The molecule has 3 nitrogen and oxygen atoms in total. The molecular weight excluding hydrogens is 228 g/mol. The van der Waals surface area contributed by atoms with Crippen molar-refractivity contribution < 1.29 is 14.6 Å². The van der Waals surface area contributed by atoms with Gasteiger partial charge in [0.1, 0.15) is 5.75 Å². The van der Waals surface area contributed by atoms with E-state index in [2.05, 4.69) is 0 Å². The van der Waals surface area contributed by atoms with E-state index in [0.29, 0.717) is 29.5 Å². The molecule has 1 fully saturated rings. The van der Waals surface area contributed by atoms with Crippen LogP contribution in [-0.4, -0.2) is 16.7 Å². The maximum atomic E-state index is 11.2. The molecule has 1 N–H and O–H groups in total. The van der Waals surface area contributed by atoms with Crippen LogP contribution >= 0.6 is 11.6 Å². The Kier molecular flexibility index (Phi) is 2.80. The maximum absolute atomic E-state index is 11.2. The number of halogens is 1. The zero-order valence-corrected chi connectivity index (χ0v) is 9.70. The fourth-order valence-electron chi connectivity index (χ4n) is 2.10. The molecule has 1 aliphatic carbocycles. The number of carbonyl (C=O) groups is 1. The van der Waals surface area contributed by atoms with Gasteiger partial charge in [-0.2, -0.15) is 0 Å². The van der Waals surface area contributed by atoms with E-state index in [1.165, 1.54) is 0 Å². The monoisotopic (exact) mass is 240 g/mol. The van der Waals surface area contributed by atoms with Crippen molar-refractivity contribution in [1.82, 2.24) is 0 Å². The highest BCUT2D eigenvalue weighted by molar-refractivity contribution is 6.30. The minimum atomic E-state index is -1.03. The molecule has 0 spiro atoms. The highest BCUT2D eigenvalue weighted by atomic mass is 35.5. The van der Waals surface area contributed by atoms with Gasteiger partial charge in [0.15, 0.2) is 0 Å².